The number of hydrogen-bond donors (Lipinski definition) is 1. The lowest BCUT2D eigenvalue weighted by Gasteiger charge is -2.06. The van der Waals surface area contributed by atoms with Gasteiger partial charge in [0.2, 0.25) is 5.88 Å². The molecule has 0 aliphatic heterocycles. The number of aryl methyl sites for hydroxylation is 1. The Kier molecular flexibility index (Phi) is 5.50. The Morgan fingerprint density at radius 2 is 1.90 bits per heavy atom. The van der Waals surface area contributed by atoms with Gasteiger partial charge in [0.1, 0.15) is 5.75 Å². The summed E-state index contributed by atoms with van der Waals surface area (Å²) in [5.74, 6) is 1.31. The van der Waals surface area contributed by atoms with E-state index in [1.807, 2.05) is 19.2 Å². The molecule has 20 heavy (non-hydrogen) atoms. The van der Waals surface area contributed by atoms with Crippen molar-refractivity contribution in [1.29, 1.82) is 0 Å². The van der Waals surface area contributed by atoms with Crippen molar-refractivity contribution in [2.24, 2.45) is 0 Å². The first-order valence-corrected chi connectivity index (χ1v) is 7.04. The molecule has 1 aromatic heterocycles. The van der Waals surface area contributed by atoms with Crippen molar-refractivity contribution in [3.63, 3.8) is 0 Å². The maximum atomic E-state index is 5.68. The Hall–Kier alpha value is -1.94. The lowest BCUT2D eigenvalue weighted by Crippen LogP contribution is -2.07. The molecule has 2 aromatic rings. The Labute approximate surface area is 120 Å². The smallest absolute Gasteiger partial charge is 0.237 e. The minimum atomic E-state index is 0.520. The summed E-state index contributed by atoms with van der Waals surface area (Å²) in [5.41, 5.74) is 2.24. The lowest BCUT2D eigenvalue weighted by atomic mass is 10.1. The van der Waals surface area contributed by atoms with Gasteiger partial charge >= 0.3 is 0 Å². The number of unbranched alkanes of at least 4 members (excludes halogenated alkanes) is 1. The second kappa shape index (κ2) is 7.60. The zero-order chi connectivity index (χ0) is 14.2. The van der Waals surface area contributed by atoms with Gasteiger partial charge in [-0.1, -0.05) is 25.5 Å². The first-order chi connectivity index (χ1) is 9.81. The predicted molar refractivity (Wildman–Crippen MR) is 79.9 cm³/mol. The third kappa shape index (κ3) is 4.31. The van der Waals surface area contributed by atoms with Crippen LogP contribution in [-0.2, 0) is 13.0 Å². The first kappa shape index (κ1) is 14.5. The van der Waals surface area contributed by atoms with Crippen LogP contribution in [0.2, 0.25) is 0 Å². The zero-order valence-electron chi connectivity index (χ0n) is 12.1. The van der Waals surface area contributed by atoms with Crippen LogP contribution in [0.5, 0.6) is 11.6 Å². The van der Waals surface area contributed by atoms with Crippen LogP contribution in [0.15, 0.2) is 36.7 Å². The molecule has 0 radical (unpaired) electrons. The second-order valence-electron chi connectivity index (χ2n) is 4.73. The van der Waals surface area contributed by atoms with Gasteiger partial charge in [0, 0.05) is 6.54 Å². The minimum Gasteiger partial charge on any atom is -0.438 e. The van der Waals surface area contributed by atoms with Crippen molar-refractivity contribution in [3.8, 4) is 11.6 Å². The van der Waals surface area contributed by atoms with Crippen LogP contribution in [0, 0.1) is 0 Å². The van der Waals surface area contributed by atoms with Gasteiger partial charge in [-0.15, -0.1) is 0 Å². The van der Waals surface area contributed by atoms with Crippen molar-refractivity contribution in [3.05, 3.63) is 47.9 Å². The molecule has 4 heteroatoms. The molecule has 0 saturated heterocycles. The molecule has 0 fully saturated rings. The maximum Gasteiger partial charge on any atom is 0.237 e. The summed E-state index contributed by atoms with van der Waals surface area (Å²) in [5, 5.41) is 3.03. The van der Waals surface area contributed by atoms with E-state index in [4.69, 9.17) is 4.74 Å². The maximum absolute atomic E-state index is 5.68. The van der Waals surface area contributed by atoms with Crippen LogP contribution < -0.4 is 10.1 Å². The molecular weight excluding hydrogens is 250 g/mol. The van der Waals surface area contributed by atoms with E-state index >= 15 is 0 Å². The molecule has 1 aromatic carbocycles. The Balaban J connectivity index is 1.95. The summed E-state index contributed by atoms with van der Waals surface area (Å²) >= 11 is 0. The molecule has 106 valence electrons. The van der Waals surface area contributed by atoms with Gasteiger partial charge in [-0.05, 0) is 37.6 Å². The first-order valence-electron chi connectivity index (χ1n) is 7.04. The number of rotatable bonds is 7. The number of nitrogens with one attached hydrogen (secondary N) is 1. The van der Waals surface area contributed by atoms with Crippen molar-refractivity contribution >= 4 is 0 Å². The molecule has 0 atom stereocenters. The average molecular weight is 271 g/mol. The van der Waals surface area contributed by atoms with Gasteiger partial charge in [-0.25, -0.2) is 4.98 Å². The van der Waals surface area contributed by atoms with Crippen molar-refractivity contribution in [1.82, 2.24) is 15.3 Å². The molecule has 2 rings (SSSR count). The number of hydrogen-bond acceptors (Lipinski definition) is 4. The molecular formula is C16H21N3O. The second-order valence-corrected chi connectivity index (χ2v) is 4.73. The number of benzene rings is 1. The van der Waals surface area contributed by atoms with E-state index < -0.39 is 0 Å². The van der Waals surface area contributed by atoms with E-state index in [-0.39, 0.29) is 0 Å². The third-order valence-electron chi connectivity index (χ3n) is 3.00. The van der Waals surface area contributed by atoms with Crippen molar-refractivity contribution < 1.29 is 4.74 Å². The molecule has 1 heterocycles. The molecule has 0 bridgehead atoms. The summed E-state index contributed by atoms with van der Waals surface area (Å²) in [7, 11) is 1.88. The number of nitrogens with zero attached hydrogens (tertiary/aromatic N) is 2. The Bertz CT molecular complexity index is 508. The molecule has 1 N–H and O–H groups in total. The van der Waals surface area contributed by atoms with Crippen LogP contribution >= 0.6 is 0 Å². The predicted octanol–water partition coefficient (Wildman–Crippen LogP) is 3.33. The SMILES string of the molecule is CCCCc1ccc(Oc2cnc(CNC)cn2)cc1. The van der Waals surface area contributed by atoms with E-state index in [0.717, 1.165) is 17.9 Å². The molecule has 0 saturated carbocycles. The molecule has 0 spiro atoms. The quantitative estimate of drug-likeness (QED) is 0.839. The van der Waals surface area contributed by atoms with E-state index in [0.29, 0.717) is 12.4 Å². The van der Waals surface area contributed by atoms with Crippen LogP contribution in [0.1, 0.15) is 31.0 Å². The van der Waals surface area contributed by atoms with E-state index in [2.05, 4.69) is 34.3 Å². The summed E-state index contributed by atoms with van der Waals surface area (Å²) in [6, 6.07) is 8.17. The van der Waals surface area contributed by atoms with Gasteiger partial charge in [-0.2, -0.15) is 0 Å². The molecule has 0 amide bonds. The third-order valence-corrected chi connectivity index (χ3v) is 3.00. The Morgan fingerprint density at radius 1 is 1.10 bits per heavy atom. The average Bonchev–Trinajstić information content (AvgIpc) is 2.49. The van der Waals surface area contributed by atoms with Gasteiger partial charge in [0.05, 0.1) is 18.1 Å². The van der Waals surface area contributed by atoms with E-state index in [9.17, 15) is 0 Å². The van der Waals surface area contributed by atoms with Gasteiger partial charge in [0.15, 0.2) is 0 Å². The monoisotopic (exact) mass is 271 g/mol. The summed E-state index contributed by atoms with van der Waals surface area (Å²) in [6.45, 7) is 2.91. The fourth-order valence-corrected chi connectivity index (χ4v) is 1.89. The van der Waals surface area contributed by atoms with Gasteiger partial charge in [-0.3, -0.25) is 4.98 Å². The lowest BCUT2D eigenvalue weighted by molar-refractivity contribution is 0.458. The highest BCUT2D eigenvalue weighted by molar-refractivity contribution is 5.30. The molecule has 0 unspecified atom stereocenters. The largest absolute Gasteiger partial charge is 0.438 e. The molecule has 4 nitrogen and oxygen atoms in total. The highest BCUT2D eigenvalue weighted by Crippen LogP contribution is 2.19. The topological polar surface area (TPSA) is 47.0 Å². The highest BCUT2D eigenvalue weighted by atomic mass is 16.5. The normalized spacial score (nSPS) is 10.5. The van der Waals surface area contributed by atoms with Crippen molar-refractivity contribution in [2.45, 2.75) is 32.7 Å². The fourth-order valence-electron chi connectivity index (χ4n) is 1.89. The Morgan fingerprint density at radius 3 is 2.50 bits per heavy atom. The number of aromatic nitrogens is 2. The summed E-state index contributed by atoms with van der Waals surface area (Å²) in [6.07, 6.45) is 6.93. The zero-order valence-corrected chi connectivity index (χ0v) is 12.1. The standard InChI is InChI=1S/C16H21N3O/c1-3-4-5-13-6-8-15(9-7-13)20-16-12-18-14(10-17-2)11-19-16/h6-9,11-12,17H,3-5,10H2,1-2H3. The molecule has 0 aliphatic rings. The summed E-state index contributed by atoms with van der Waals surface area (Å²) in [4.78, 5) is 8.51. The van der Waals surface area contributed by atoms with Crippen LogP contribution in [-0.4, -0.2) is 17.0 Å². The number of ether oxygens (including phenoxy) is 1. The van der Waals surface area contributed by atoms with E-state index in [1.165, 1.54) is 18.4 Å². The highest BCUT2D eigenvalue weighted by Gasteiger charge is 2.01. The van der Waals surface area contributed by atoms with Crippen LogP contribution in [0.4, 0.5) is 0 Å². The van der Waals surface area contributed by atoms with Gasteiger partial charge in [0.25, 0.3) is 0 Å². The van der Waals surface area contributed by atoms with E-state index in [1.54, 1.807) is 12.4 Å². The minimum absolute atomic E-state index is 0.520. The fraction of sp³-hybridized carbons (Fsp3) is 0.375. The van der Waals surface area contributed by atoms with Crippen LogP contribution in [0.25, 0.3) is 0 Å². The van der Waals surface area contributed by atoms with Crippen LogP contribution in [0.3, 0.4) is 0 Å². The molecule has 0 aliphatic carbocycles. The van der Waals surface area contributed by atoms with Gasteiger partial charge < -0.3 is 10.1 Å². The summed E-state index contributed by atoms with van der Waals surface area (Å²) < 4.78 is 5.68. The van der Waals surface area contributed by atoms with Crippen molar-refractivity contribution in [2.75, 3.05) is 7.05 Å².